The van der Waals surface area contributed by atoms with Crippen molar-refractivity contribution in [1.82, 2.24) is 20.2 Å². The van der Waals surface area contributed by atoms with Crippen molar-refractivity contribution in [2.45, 2.75) is 20.4 Å². The number of nitrogens with one attached hydrogen (secondary N) is 1. The topological polar surface area (TPSA) is 99.0 Å². The first-order chi connectivity index (χ1) is 10.1. The lowest BCUT2D eigenvalue weighted by Crippen LogP contribution is -2.23. The minimum atomic E-state index is -0.661. The number of aryl methyl sites for hydroxylation is 1. The molecule has 1 N–H and O–H groups in total. The summed E-state index contributed by atoms with van der Waals surface area (Å²) < 4.78 is 5.91. The summed E-state index contributed by atoms with van der Waals surface area (Å²) in [5, 5.41) is 13.3. The van der Waals surface area contributed by atoms with Crippen LogP contribution in [0.15, 0.2) is 24.3 Å². The molecule has 0 saturated heterocycles. The normalized spacial score (nSPS) is 10.2. The molecule has 0 unspecified atom stereocenters. The molecule has 2 rings (SSSR count). The Morgan fingerprint density at radius 2 is 2.10 bits per heavy atom. The summed E-state index contributed by atoms with van der Waals surface area (Å²) in [6.45, 7) is 3.60. The van der Waals surface area contributed by atoms with E-state index in [-0.39, 0.29) is 24.9 Å². The number of esters is 1. The molecule has 21 heavy (non-hydrogen) atoms. The van der Waals surface area contributed by atoms with Gasteiger partial charge in [-0.2, -0.15) is 0 Å². The summed E-state index contributed by atoms with van der Waals surface area (Å²) in [6.07, 6.45) is 0. The predicted molar refractivity (Wildman–Crippen MR) is 73.6 cm³/mol. The zero-order valence-corrected chi connectivity index (χ0v) is 11.7. The highest BCUT2D eigenvalue weighted by Gasteiger charge is 2.18. The van der Waals surface area contributed by atoms with Crippen LogP contribution in [0.3, 0.4) is 0 Å². The van der Waals surface area contributed by atoms with Gasteiger partial charge >= 0.3 is 5.97 Å². The third kappa shape index (κ3) is 3.62. The molecule has 0 radical (unpaired) electrons. The van der Waals surface area contributed by atoms with Gasteiger partial charge in [0.2, 0.25) is 5.91 Å². The van der Waals surface area contributed by atoms with E-state index in [1.165, 1.54) is 0 Å². The number of nitrogens with zero attached hydrogens (tertiary/aromatic N) is 4. The lowest BCUT2D eigenvalue weighted by Gasteiger charge is -2.08. The van der Waals surface area contributed by atoms with Crippen LogP contribution in [0.25, 0.3) is 0 Å². The van der Waals surface area contributed by atoms with Gasteiger partial charge in [-0.1, -0.05) is 18.2 Å². The van der Waals surface area contributed by atoms with Crippen molar-refractivity contribution >= 4 is 17.6 Å². The predicted octanol–water partition coefficient (Wildman–Crippen LogP) is 0.797. The fourth-order valence-corrected chi connectivity index (χ4v) is 1.69. The Kier molecular flexibility index (Phi) is 4.60. The molecule has 0 saturated carbocycles. The van der Waals surface area contributed by atoms with Crippen LogP contribution in [0, 0.1) is 6.92 Å². The summed E-state index contributed by atoms with van der Waals surface area (Å²) in [6, 6.07) is 7.38. The van der Waals surface area contributed by atoms with Crippen LogP contribution < -0.4 is 5.32 Å². The molecule has 0 spiro atoms. The van der Waals surface area contributed by atoms with Gasteiger partial charge in [0.05, 0.1) is 6.61 Å². The third-order valence-electron chi connectivity index (χ3n) is 2.70. The van der Waals surface area contributed by atoms with Gasteiger partial charge in [0.25, 0.3) is 5.82 Å². The second-order valence-electron chi connectivity index (χ2n) is 4.24. The first-order valence-electron chi connectivity index (χ1n) is 6.40. The average molecular weight is 289 g/mol. The van der Waals surface area contributed by atoms with Gasteiger partial charge in [-0.05, 0) is 35.9 Å². The van der Waals surface area contributed by atoms with Crippen LogP contribution in [-0.4, -0.2) is 38.7 Å². The van der Waals surface area contributed by atoms with Crippen molar-refractivity contribution in [3.63, 3.8) is 0 Å². The van der Waals surface area contributed by atoms with Gasteiger partial charge in [0.15, 0.2) is 0 Å². The standard InChI is InChI=1S/C13H15N5O3/c1-3-21-13(20)12-15-16-17-18(12)8-11(19)14-10-7-5-4-6-9(10)2/h4-7H,3,8H2,1-2H3,(H,14,19). The monoisotopic (exact) mass is 289 g/mol. The number of hydrogen-bond donors (Lipinski definition) is 1. The maximum absolute atomic E-state index is 12.0. The first-order valence-corrected chi connectivity index (χ1v) is 6.40. The van der Waals surface area contributed by atoms with E-state index in [2.05, 4.69) is 20.8 Å². The Balaban J connectivity index is 2.05. The molecule has 0 aliphatic rings. The summed E-state index contributed by atoms with van der Waals surface area (Å²) in [4.78, 5) is 23.6. The molecular weight excluding hydrogens is 274 g/mol. The molecule has 0 fully saturated rings. The molecule has 1 aromatic carbocycles. The lowest BCUT2D eigenvalue weighted by molar-refractivity contribution is -0.116. The van der Waals surface area contributed by atoms with Crippen LogP contribution in [0.5, 0.6) is 0 Å². The van der Waals surface area contributed by atoms with Crippen LogP contribution in [0.1, 0.15) is 23.1 Å². The molecule has 0 aliphatic carbocycles. The number of benzene rings is 1. The van der Waals surface area contributed by atoms with E-state index >= 15 is 0 Å². The number of hydrogen-bond acceptors (Lipinski definition) is 6. The molecule has 0 atom stereocenters. The molecular formula is C13H15N5O3. The SMILES string of the molecule is CCOC(=O)c1nnnn1CC(=O)Nc1ccccc1C. The zero-order valence-electron chi connectivity index (χ0n) is 11.7. The second-order valence-corrected chi connectivity index (χ2v) is 4.24. The van der Waals surface area contributed by atoms with Gasteiger partial charge in [0, 0.05) is 5.69 Å². The van der Waals surface area contributed by atoms with Crippen molar-refractivity contribution in [2.24, 2.45) is 0 Å². The Morgan fingerprint density at radius 1 is 1.33 bits per heavy atom. The number of anilines is 1. The summed E-state index contributed by atoms with van der Waals surface area (Å²) >= 11 is 0. The maximum Gasteiger partial charge on any atom is 0.378 e. The molecule has 8 nitrogen and oxygen atoms in total. The highest BCUT2D eigenvalue weighted by molar-refractivity contribution is 5.92. The number of ether oxygens (including phenoxy) is 1. The van der Waals surface area contributed by atoms with Crippen LogP contribution in [0.2, 0.25) is 0 Å². The maximum atomic E-state index is 12.0. The summed E-state index contributed by atoms with van der Waals surface area (Å²) in [7, 11) is 0. The molecule has 2 aromatic rings. The van der Waals surface area contributed by atoms with Gasteiger partial charge in [-0.25, -0.2) is 9.48 Å². The number of tetrazole rings is 1. The number of amides is 1. The minimum Gasteiger partial charge on any atom is -0.460 e. The Bertz CT molecular complexity index is 653. The van der Waals surface area contributed by atoms with E-state index in [4.69, 9.17) is 4.74 Å². The van der Waals surface area contributed by atoms with E-state index in [1.54, 1.807) is 13.0 Å². The summed E-state index contributed by atoms with van der Waals surface area (Å²) in [5.41, 5.74) is 1.64. The Hall–Kier alpha value is -2.77. The Morgan fingerprint density at radius 3 is 2.81 bits per heavy atom. The van der Waals surface area contributed by atoms with Gasteiger partial charge < -0.3 is 10.1 Å². The second kappa shape index (κ2) is 6.60. The molecule has 0 bridgehead atoms. The molecule has 1 heterocycles. The fraction of sp³-hybridized carbons (Fsp3) is 0.308. The third-order valence-corrected chi connectivity index (χ3v) is 2.70. The van der Waals surface area contributed by atoms with E-state index in [9.17, 15) is 9.59 Å². The fourth-order valence-electron chi connectivity index (χ4n) is 1.69. The van der Waals surface area contributed by atoms with E-state index in [0.29, 0.717) is 5.69 Å². The molecule has 8 heteroatoms. The summed E-state index contributed by atoms with van der Waals surface area (Å²) in [5.74, 6) is -1.09. The van der Waals surface area contributed by atoms with Crippen molar-refractivity contribution in [1.29, 1.82) is 0 Å². The number of carbonyl (C=O) groups excluding carboxylic acids is 2. The number of carbonyl (C=O) groups is 2. The average Bonchev–Trinajstić information content (AvgIpc) is 2.90. The Labute approximate surface area is 121 Å². The van der Waals surface area contributed by atoms with Crippen molar-refractivity contribution in [2.75, 3.05) is 11.9 Å². The smallest absolute Gasteiger partial charge is 0.378 e. The molecule has 1 aromatic heterocycles. The van der Waals surface area contributed by atoms with Gasteiger partial charge in [-0.15, -0.1) is 5.10 Å². The van der Waals surface area contributed by atoms with Crippen molar-refractivity contribution in [3.05, 3.63) is 35.7 Å². The van der Waals surface area contributed by atoms with Gasteiger partial charge in [-0.3, -0.25) is 4.79 Å². The number of aromatic nitrogens is 4. The van der Waals surface area contributed by atoms with Crippen LogP contribution in [-0.2, 0) is 16.1 Å². The van der Waals surface area contributed by atoms with Crippen molar-refractivity contribution in [3.8, 4) is 0 Å². The van der Waals surface area contributed by atoms with Crippen LogP contribution in [0.4, 0.5) is 5.69 Å². The minimum absolute atomic E-state index is 0.100. The van der Waals surface area contributed by atoms with E-state index < -0.39 is 5.97 Å². The highest BCUT2D eigenvalue weighted by atomic mass is 16.5. The molecule has 110 valence electrons. The van der Waals surface area contributed by atoms with E-state index in [1.807, 2.05) is 25.1 Å². The number of rotatable bonds is 5. The molecule has 0 aliphatic heterocycles. The quantitative estimate of drug-likeness (QED) is 0.817. The first kappa shape index (κ1) is 14.6. The zero-order chi connectivity index (χ0) is 15.2. The van der Waals surface area contributed by atoms with Gasteiger partial charge in [0.1, 0.15) is 6.54 Å². The lowest BCUT2D eigenvalue weighted by atomic mass is 10.2. The van der Waals surface area contributed by atoms with E-state index in [0.717, 1.165) is 10.2 Å². The highest BCUT2D eigenvalue weighted by Crippen LogP contribution is 2.13. The largest absolute Gasteiger partial charge is 0.460 e. The van der Waals surface area contributed by atoms with Crippen molar-refractivity contribution < 1.29 is 14.3 Å². The van der Waals surface area contributed by atoms with Crippen LogP contribution >= 0.6 is 0 Å². The number of para-hydroxylation sites is 1. The molecule has 1 amide bonds.